The quantitative estimate of drug-likeness (QED) is 0.856. The minimum Gasteiger partial charge on any atom is -0.320 e. The largest absolute Gasteiger partial charge is 0.320 e. The summed E-state index contributed by atoms with van der Waals surface area (Å²) in [5.74, 6) is -1.34. The van der Waals surface area contributed by atoms with E-state index in [1.807, 2.05) is 0 Å². The van der Waals surface area contributed by atoms with Crippen molar-refractivity contribution in [3.8, 4) is 0 Å². The summed E-state index contributed by atoms with van der Waals surface area (Å²) in [5, 5.41) is 0. The van der Waals surface area contributed by atoms with E-state index in [0.717, 1.165) is 11.3 Å². The summed E-state index contributed by atoms with van der Waals surface area (Å²) in [4.78, 5) is 0. The molecule has 0 bridgehead atoms. The lowest BCUT2D eigenvalue weighted by Crippen LogP contribution is -2.16. The molecule has 1 heterocycles. The van der Waals surface area contributed by atoms with Crippen molar-refractivity contribution in [3.63, 3.8) is 0 Å². The first-order valence-corrected chi connectivity index (χ1v) is 6.64. The van der Waals surface area contributed by atoms with Gasteiger partial charge in [-0.25, -0.2) is 8.78 Å². The van der Waals surface area contributed by atoms with Crippen LogP contribution in [0.3, 0.4) is 0 Å². The molecule has 0 saturated heterocycles. The minimum absolute atomic E-state index is 0.189. The van der Waals surface area contributed by atoms with Crippen molar-refractivity contribution in [2.45, 2.75) is 13.0 Å². The van der Waals surface area contributed by atoms with Crippen LogP contribution in [0.1, 0.15) is 22.7 Å². The first-order chi connectivity index (χ1) is 8.41. The lowest BCUT2D eigenvalue weighted by atomic mass is 9.99. The van der Waals surface area contributed by atoms with Gasteiger partial charge in [-0.05, 0) is 24.6 Å². The van der Waals surface area contributed by atoms with Crippen LogP contribution in [-0.2, 0) is 0 Å². The Kier molecular flexibility index (Phi) is 3.92. The smallest absolute Gasteiger partial charge is 0.134 e. The van der Waals surface area contributed by atoms with E-state index in [2.05, 4.69) is 0 Å². The zero-order valence-corrected chi connectivity index (χ0v) is 11.6. The number of hydrogen-bond donors (Lipinski definition) is 1. The van der Waals surface area contributed by atoms with Crippen molar-refractivity contribution in [1.29, 1.82) is 0 Å². The van der Waals surface area contributed by atoms with Gasteiger partial charge in [0, 0.05) is 11.1 Å². The van der Waals surface area contributed by atoms with E-state index in [9.17, 15) is 8.78 Å². The monoisotopic (exact) mass is 307 g/mol. The maximum Gasteiger partial charge on any atom is 0.134 e. The zero-order valence-electron chi connectivity index (χ0n) is 9.31. The summed E-state index contributed by atoms with van der Waals surface area (Å²) in [7, 11) is 0. The number of rotatable bonds is 2. The Bertz CT molecular complexity index is 598. The maximum atomic E-state index is 13.9. The number of halogens is 4. The van der Waals surface area contributed by atoms with Crippen LogP contribution in [0.15, 0.2) is 18.2 Å². The van der Waals surface area contributed by atoms with E-state index in [0.29, 0.717) is 19.8 Å². The molecule has 1 atom stereocenters. The van der Waals surface area contributed by atoms with Crippen LogP contribution in [0.2, 0.25) is 8.67 Å². The second kappa shape index (κ2) is 5.13. The van der Waals surface area contributed by atoms with Gasteiger partial charge in [-0.3, -0.25) is 0 Å². The summed E-state index contributed by atoms with van der Waals surface area (Å²) in [6.07, 6.45) is 0. The molecule has 0 spiro atoms. The highest BCUT2D eigenvalue weighted by atomic mass is 35.5. The van der Waals surface area contributed by atoms with Crippen LogP contribution in [-0.4, -0.2) is 0 Å². The molecule has 1 unspecified atom stereocenters. The molecule has 0 aliphatic carbocycles. The topological polar surface area (TPSA) is 26.0 Å². The van der Waals surface area contributed by atoms with E-state index >= 15 is 0 Å². The molecule has 2 N–H and O–H groups in total. The van der Waals surface area contributed by atoms with Crippen LogP contribution in [0, 0.1) is 18.6 Å². The van der Waals surface area contributed by atoms with Crippen molar-refractivity contribution in [2.75, 3.05) is 0 Å². The fourth-order valence-corrected chi connectivity index (χ4v) is 3.23. The Morgan fingerprint density at radius 3 is 2.50 bits per heavy atom. The van der Waals surface area contributed by atoms with Crippen LogP contribution < -0.4 is 5.73 Å². The van der Waals surface area contributed by atoms with Gasteiger partial charge in [0.1, 0.15) is 11.6 Å². The molecule has 0 aliphatic rings. The lowest BCUT2D eigenvalue weighted by Gasteiger charge is -2.14. The lowest BCUT2D eigenvalue weighted by molar-refractivity contribution is 0.538. The number of nitrogens with two attached hydrogens (primary N) is 1. The van der Waals surface area contributed by atoms with E-state index in [1.54, 1.807) is 6.92 Å². The molecule has 0 fully saturated rings. The standard InChI is InChI=1S/C12H9Cl2F2NS/c1-5-2-3-7(15)9(10(5)16)11(17)6-4-8(13)18-12(6)14/h2-4,11H,17H2,1H3. The third-order valence-electron chi connectivity index (χ3n) is 2.65. The second-order valence-electron chi connectivity index (χ2n) is 3.85. The Morgan fingerprint density at radius 2 is 1.94 bits per heavy atom. The molecule has 2 aromatic rings. The molecular weight excluding hydrogens is 299 g/mol. The highest BCUT2D eigenvalue weighted by molar-refractivity contribution is 7.20. The first-order valence-electron chi connectivity index (χ1n) is 5.06. The summed E-state index contributed by atoms with van der Waals surface area (Å²) in [6, 6.07) is 3.11. The van der Waals surface area contributed by atoms with E-state index in [-0.39, 0.29) is 5.56 Å². The number of hydrogen-bond acceptors (Lipinski definition) is 2. The predicted octanol–water partition coefficient (Wildman–Crippen LogP) is 4.69. The Balaban J connectivity index is 2.56. The third kappa shape index (κ3) is 2.38. The fourth-order valence-electron chi connectivity index (χ4n) is 1.68. The van der Waals surface area contributed by atoms with Gasteiger partial charge in [-0.15, -0.1) is 11.3 Å². The SMILES string of the molecule is Cc1ccc(F)c(C(N)c2cc(Cl)sc2Cl)c1F. The molecule has 18 heavy (non-hydrogen) atoms. The molecule has 0 saturated carbocycles. The van der Waals surface area contributed by atoms with Crippen molar-refractivity contribution < 1.29 is 8.78 Å². The highest BCUT2D eigenvalue weighted by Gasteiger charge is 2.23. The van der Waals surface area contributed by atoms with Crippen molar-refractivity contribution >= 4 is 34.5 Å². The molecule has 0 radical (unpaired) electrons. The van der Waals surface area contributed by atoms with Gasteiger partial charge in [0.05, 0.1) is 14.7 Å². The maximum absolute atomic E-state index is 13.9. The summed E-state index contributed by atoms with van der Waals surface area (Å²) in [5.41, 5.74) is 6.45. The molecule has 6 heteroatoms. The van der Waals surface area contributed by atoms with Crippen LogP contribution in [0.4, 0.5) is 8.78 Å². The molecule has 1 aromatic carbocycles. The number of aryl methyl sites for hydroxylation is 1. The molecule has 0 aliphatic heterocycles. The van der Waals surface area contributed by atoms with Gasteiger partial charge in [0.25, 0.3) is 0 Å². The molecule has 1 nitrogen and oxygen atoms in total. The fraction of sp³-hybridized carbons (Fsp3) is 0.167. The van der Waals surface area contributed by atoms with Gasteiger partial charge in [0.15, 0.2) is 0 Å². The average molecular weight is 308 g/mol. The summed E-state index contributed by atoms with van der Waals surface area (Å²) < 4.78 is 28.4. The van der Waals surface area contributed by atoms with Gasteiger partial charge >= 0.3 is 0 Å². The second-order valence-corrected chi connectivity index (χ2v) is 6.13. The molecule has 96 valence electrons. The number of thiophene rings is 1. The van der Waals surface area contributed by atoms with Crippen molar-refractivity contribution in [2.24, 2.45) is 5.73 Å². The zero-order chi connectivity index (χ0) is 13.4. The molecule has 1 aromatic heterocycles. The number of benzene rings is 1. The molecule has 2 rings (SSSR count). The molecular formula is C12H9Cl2F2NS. The van der Waals surface area contributed by atoms with Crippen molar-refractivity contribution in [3.05, 3.63) is 55.2 Å². The summed E-state index contributed by atoms with van der Waals surface area (Å²) in [6.45, 7) is 1.55. The van der Waals surface area contributed by atoms with Crippen molar-refractivity contribution in [1.82, 2.24) is 0 Å². The average Bonchev–Trinajstić information content (AvgIpc) is 2.63. The predicted molar refractivity (Wildman–Crippen MR) is 71.5 cm³/mol. The van der Waals surface area contributed by atoms with Crippen LogP contribution in [0.5, 0.6) is 0 Å². The first kappa shape index (κ1) is 13.7. The van der Waals surface area contributed by atoms with E-state index < -0.39 is 17.7 Å². The normalized spacial score (nSPS) is 12.8. The Hall–Kier alpha value is -0.680. The van der Waals surface area contributed by atoms with Gasteiger partial charge in [0.2, 0.25) is 0 Å². The summed E-state index contributed by atoms with van der Waals surface area (Å²) >= 11 is 12.9. The Morgan fingerprint density at radius 1 is 1.28 bits per heavy atom. The van der Waals surface area contributed by atoms with Crippen LogP contribution >= 0.6 is 34.5 Å². The van der Waals surface area contributed by atoms with E-state index in [4.69, 9.17) is 28.9 Å². The minimum atomic E-state index is -0.971. The van der Waals surface area contributed by atoms with Gasteiger partial charge in [-0.1, -0.05) is 29.3 Å². The highest BCUT2D eigenvalue weighted by Crippen LogP contribution is 2.37. The van der Waals surface area contributed by atoms with Gasteiger partial charge in [-0.2, -0.15) is 0 Å². The van der Waals surface area contributed by atoms with Gasteiger partial charge < -0.3 is 5.73 Å². The Labute approximate surface area is 117 Å². The van der Waals surface area contributed by atoms with Crippen LogP contribution in [0.25, 0.3) is 0 Å². The van der Waals surface area contributed by atoms with E-state index in [1.165, 1.54) is 18.2 Å². The molecule has 0 amide bonds. The third-order valence-corrected chi connectivity index (χ3v) is 4.17.